The molecule has 3 rings (SSSR count). The molecule has 0 atom stereocenters. The van der Waals surface area contributed by atoms with Gasteiger partial charge in [-0.3, -0.25) is 0 Å². The Morgan fingerprint density at radius 1 is 1.19 bits per heavy atom. The van der Waals surface area contributed by atoms with Gasteiger partial charge in [-0.25, -0.2) is 4.98 Å². The van der Waals surface area contributed by atoms with Crippen molar-refractivity contribution in [1.29, 1.82) is 0 Å². The lowest BCUT2D eigenvalue weighted by Gasteiger charge is -2.26. The van der Waals surface area contributed by atoms with Crippen LogP contribution in [0.2, 0.25) is 0 Å². The summed E-state index contributed by atoms with van der Waals surface area (Å²) in [5, 5.41) is 3.27. The van der Waals surface area contributed by atoms with Crippen LogP contribution in [0.4, 0.5) is 5.82 Å². The molecule has 1 saturated carbocycles. The molecule has 1 aromatic carbocycles. The summed E-state index contributed by atoms with van der Waals surface area (Å²) in [5.74, 6) is 1.54. The highest BCUT2D eigenvalue weighted by molar-refractivity contribution is 5.65. The van der Waals surface area contributed by atoms with Crippen LogP contribution in [0.3, 0.4) is 0 Å². The van der Waals surface area contributed by atoms with Gasteiger partial charge in [0.25, 0.3) is 0 Å². The summed E-state index contributed by atoms with van der Waals surface area (Å²) in [6.07, 6.45) is 13.6. The van der Waals surface area contributed by atoms with Gasteiger partial charge in [-0.15, -0.1) is 0 Å². The highest BCUT2D eigenvalue weighted by atomic mass is 15.0. The molecule has 26 heavy (non-hydrogen) atoms. The molecule has 0 spiro atoms. The maximum Gasteiger partial charge on any atom is 0.130 e. The number of pyridine rings is 1. The summed E-state index contributed by atoms with van der Waals surface area (Å²) >= 11 is 0. The minimum Gasteiger partial charge on any atom is -0.340 e. The Balaban J connectivity index is 1.71. The standard InChI is InChI=1S/C24H26N2/c1-4-6-9-19(5-2)18(3)26-24-15-14-23(17-25-24)22-13-8-12-21(16-22)20-10-7-11-20/h4-6,8-9,12-17,20H,1,3,7,10-11H2,2H3,(H,25,26)/b9-6-,19-5+. The van der Waals surface area contributed by atoms with Crippen LogP contribution in [0.5, 0.6) is 0 Å². The van der Waals surface area contributed by atoms with E-state index in [1.54, 1.807) is 6.08 Å². The van der Waals surface area contributed by atoms with Crippen LogP contribution in [-0.2, 0) is 0 Å². The third-order valence-corrected chi connectivity index (χ3v) is 4.91. The van der Waals surface area contributed by atoms with Crippen LogP contribution < -0.4 is 5.32 Å². The van der Waals surface area contributed by atoms with E-state index >= 15 is 0 Å². The smallest absolute Gasteiger partial charge is 0.130 e. The maximum absolute atomic E-state index is 4.56. The van der Waals surface area contributed by atoms with Crippen molar-refractivity contribution in [1.82, 2.24) is 4.98 Å². The highest BCUT2D eigenvalue weighted by Gasteiger charge is 2.19. The van der Waals surface area contributed by atoms with Crippen LogP contribution in [0.15, 0.2) is 91.3 Å². The normalized spacial score (nSPS) is 14.9. The second kappa shape index (κ2) is 8.48. The highest BCUT2D eigenvalue weighted by Crippen LogP contribution is 2.37. The monoisotopic (exact) mass is 342 g/mol. The molecular weight excluding hydrogens is 316 g/mol. The minimum atomic E-state index is 0.745. The lowest BCUT2D eigenvalue weighted by molar-refractivity contribution is 0.420. The first kappa shape index (κ1) is 17.9. The number of benzene rings is 1. The van der Waals surface area contributed by atoms with Crippen molar-refractivity contribution in [3.63, 3.8) is 0 Å². The van der Waals surface area contributed by atoms with Crippen LogP contribution in [0.25, 0.3) is 11.1 Å². The average Bonchev–Trinajstić information content (AvgIpc) is 2.62. The molecule has 0 radical (unpaired) electrons. The van der Waals surface area contributed by atoms with Gasteiger partial charge in [-0.2, -0.15) is 0 Å². The Hall–Kier alpha value is -2.87. The van der Waals surface area contributed by atoms with Crippen molar-refractivity contribution in [3.05, 3.63) is 96.9 Å². The molecule has 0 unspecified atom stereocenters. The van der Waals surface area contributed by atoms with Crippen LogP contribution >= 0.6 is 0 Å². The maximum atomic E-state index is 4.56. The predicted molar refractivity (Wildman–Crippen MR) is 112 cm³/mol. The van der Waals surface area contributed by atoms with Gasteiger partial charge in [-0.05, 0) is 54.5 Å². The van der Waals surface area contributed by atoms with E-state index in [0.29, 0.717) is 0 Å². The molecule has 0 aliphatic heterocycles. The van der Waals surface area contributed by atoms with E-state index in [1.165, 1.54) is 30.4 Å². The molecule has 2 nitrogen and oxygen atoms in total. The number of hydrogen-bond donors (Lipinski definition) is 1. The molecule has 2 aromatic rings. The number of nitrogens with zero attached hydrogens (tertiary/aromatic N) is 1. The van der Waals surface area contributed by atoms with Crippen molar-refractivity contribution in [3.8, 4) is 11.1 Å². The first-order chi connectivity index (χ1) is 12.7. The van der Waals surface area contributed by atoms with E-state index < -0.39 is 0 Å². The Morgan fingerprint density at radius 2 is 2.04 bits per heavy atom. The van der Waals surface area contributed by atoms with Crippen molar-refractivity contribution < 1.29 is 0 Å². The largest absolute Gasteiger partial charge is 0.340 e. The second-order valence-electron chi connectivity index (χ2n) is 6.63. The molecule has 132 valence electrons. The van der Waals surface area contributed by atoms with Gasteiger partial charge in [0.1, 0.15) is 5.82 Å². The third kappa shape index (κ3) is 4.20. The molecule has 0 saturated heterocycles. The lowest BCUT2D eigenvalue weighted by Crippen LogP contribution is -2.08. The van der Waals surface area contributed by atoms with Crippen molar-refractivity contribution in [2.45, 2.75) is 32.1 Å². The van der Waals surface area contributed by atoms with Gasteiger partial charge >= 0.3 is 0 Å². The van der Waals surface area contributed by atoms with Crippen molar-refractivity contribution in [2.75, 3.05) is 5.32 Å². The summed E-state index contributed by atoms with van der Waals surface area (Å²) in [7, 11) is 0. The van der Waals surface area contributed by atoms with E-state index in [4.69, 9.17) is 0 Å². The van der Waals surface area contributed by atoms with Gasteiger partial charge in [0.15, 0.2) is 0 Å². The molecule has 0 amide bonds. The second-order valence-corrected chi connectivity index (χ2v) is 6.63. The number of allylic oxidation sites excluding steroid dienone is 4. The quantitative estimate of drug-likeness (QED) is 0.571. The Labute approximate surface area is 156 Å². The molecule has 1 aliphatic rings. The van der Waals surface area contributed by atoms with Crippen molar-refractivity contribution in [2.24, 2.45) is 0 Å². The summed E-state index contributed by atoms with van der Waals surface area (Å²) in [4.78, 5) is 4.56. The fourth-order valence-electron chi connectivity index (χ4n) is 3.12. The van der Waals surface area contributed by atoms with Gasteiger partial charge in [-0.1, -0.05) is 68.1 Å². The fraction of sp³-hybridized carbons (Fsp3) is 0.208. The van der Waals surface area contributed by atoms with Gasteiger partial charge in [0.2, 0.25) is 0 Å². The van der Waals surface area contributed by atoms with E-state index in [9.17, 15) is 0 Å². The molecular formula is C24H26N2. The molecule has 1 N–H and O–H groups in total. The first-order valence-corrected chi connectivity index (χ1v) is 9.19. The molecule has 1 aromatic heterocycles. The zero-order valence-electron chi connectivity index (χ0n) is 15.4. The van der Waals surface area contributed by atoms with E-state index in [-0.39, 0.29) is 0 Å². The predicted octanol–water partition coefficient (Wildman–Crippen LogP) is 6.63. The first-order valence-electron chi connectivity index (χ1n) is 9.19. The molecule has 1 fully saturated rings. The van der Waals surface area contributed by atoms with E-state index in [2.05, 4.69) is 53.8 Å². The number of hydrogen-bond acceptors (Lipinski definition) is 2. The Bertz CT molecular complexity index is 837. The fourth-order valence-corrected chi connectivity index (χ4v) is 3.12. The summed E-state index contributed by atoms with van der Waals surface area (Å²) in [6, 6.07) is 13.0. The third-order valence-electron chi connectivity index (χ3n) is 4.91. The van der Waals surface area contributed by atoms with Crippen LogP contribution in [0, 0.1) is 0 Å². The van der Waals surface area contributed by atoms with Crippen molar-refractivity contribution >= 4 is 5.82 Å². The van der Waals surface area contributed by atoms with Crippen LogP contribution in [-0.4, -0.2) is 4.98 Å². The zero-order valence-corrected chi connectivity index (χ0v) is 15.4. The van der Waals surface area contributed by atoms with E-state index in [0.717, 1.165) is 28.6 Å². The number of anilines is 1. The average molecular weight is 342 g/mol. The van der Waals surface area contributed by atoms with Crippen LogP contribution in [0.1, 0.15) is 37.7 Å². The topological polar surface area (TPSA) is 24.9 Å². The summed E-state index contributed by atoms with van der Waals surface area (Å²) in [6.45, 7) is 9.78. The van der Waals surface area contributed by atoms with Gasteiger partial charge < -0.3 is 5.32 Å². The number of nitrogens with one attached hydrogen (secondary N) is 1. The van der Waals surface area contributed by atoms with E-state index in [1.807, 2.05) is 37.4 Å². The number of rotatable bonds is 7. The molecule has 1 aliphatic carbocycles. The van der Waals surface area contributed by atoms with Gasteiger partial charge in [0.05, 0.1) is 0 Å². The lowest BCUT2D eigenvalue weighted by atomic mass is 9.79. The molecule has 2 heteroatoms. The van der Waals surface area contributed by atoms with Gasteiger partial charge in [0, 0.05) is 17.5 Å². The molecule has 1 heterocycles. The Morgan fingerprint density at radius 3 is 2.65 bits per heavy atom. The summed E-state index contributed by atoms with van der Waals surface area (Å²) < 4.78 is 0. The zero-order chi connectivity index (χ0) is 18.4. The SMILES string of the molecule is C=C/C=C\C(=C/C)C(=C)Nc1ccc(-c2cccc(C3CCC3)c2)cn1. The summed E-state index contributed by atoms with van der Waals surface area (Å²) in [5.41, 5.74) is 5.66. The Kier molecular flexibility index (Phi) is 5.85. The number of aromatic nitrogens is 1. The molecule has 0 bridgehead atoms. The minimum absolute atomic E-state index is 0.745.